The van der Waals surface area contributed by atoms with Gasteiger partial charge in [-0.05, 0) is 71.7 Å². The van der Waals surface area contributed by atoms with Gasteiger partial charge in [-0.15, -0.1) is 0 Å². The van der Waals surface area contributed by atoms with Crippen molar-refractivity contribution in [1.29, 1.82) is 0 Å². The molecule has 0 bridgehead atoms. The van der Waals surface area contributed by atoms with E-state index in [0.717, 1.165) is 42.3 Å². The van der Waals surface area contributed by atoms with Crippen molar-refractivity contribution in [1.82, 2.24) is 14.8 Å². The Morgan fingerprint density at radius 1 is 1.12 bits per heavy atom. The number of benzene rings is 2. The number of primary amides is 1. The lowest BCUT2D eigenvalue weighted by atomic mass is 9.87. The Morgan fingerprint density at radius 3 is 2.52 bits per heavy atom. The van der Waals surface area contributed by atoms with Gasteiger partial charge in [-0.25, -0.2) is 13.2 Å². The lowest BCUT2D eigenvalue weighted by molar-refractivity contribution is -0.122. The van der Waals surface area contributed by atoms with Gasteiger partial charge in [-0.1, -0.05) is 18.2 Å². The average Bonchev–Trinajstić information content (AvgIpc) is 3.26. The molecule has 1 amide bonds. The van der Waals surface area contributed by atoms with Crippen LogP contribution in [0.1, 0.15) is 62.9 Å². The van der Waals surface area contributed by atoms with Crippen LogP contribution in [0.3, 0.4) is 0 Å². The Kier molecular flexibility index (Phi) is 10.6. The number of nitrogens with one attached hydrogen (secondary N) is 1. The highest BCUT2D eigenvalue weighted by Gasteiger charge is 2.41. The van der Waals surface area contributed by atoms with E-state index in [9.17, 15) is 9.18 Å². The fourth-order valence-electron chi connectivity index (χ4n) is 5.77. The minimum atomic E-state index is -1.56. The number of unbranched alkanes of at least 4 members (excludes halogenated alkanes) is 2. The standard InChI is InChI=1S/C32H43F3N4O3/c1-21-16-24-23-10-6-7-11-27(23)37-30(24)31(39(21)20-32(2,3)35)29-25(33)17-22(18-26(29)34)42-15-13-38(4)12-8-5-9-14-41-19-28(36)40/h6-7,10-11,17-18,21,31,37H,5,8-9,12-16,19-20H2,1-4H3,(H2,36,40)/t21-,31-/m1/s1. The van der Waals surface area contributed by atoms with Crippen LogP contribution in [-0.4, -0.2) is 78.9 Å². The highest BCUT2D eigenvalue weighted by atomic mass is 19.1. The summed E-state index contributed by atoms with van der Waals surface area (Å²) in [5.74, 6) is -1.80. The molecular formula is C32H43F3N4O3. The Bertz CT molecular complexity index is 1330. The van der Waals surface area contributed by atoms with Crippen LogP contribution < -0.4 is 10.5 Å². The molecule has 0 unspecified atom stereocenters. The third kappa shape index (κ3) is 8.05. The summed E-state index contributed by atoms with van der Waals surface area (Å²) < 4.78 is 57.5. The number of hydrogen-bond acceptors (Lipinski definition) is 5. The molecular weight excluding hydrogens is 545 g/mol. The van der Waals surface area contributed by atoms with E-state index in [1.165, 1.54) is 26.0 Å². The molecule has 7 nitrogen and oxygen atoms in total. The van der Waals surface area contributed by atoms with Crippen molar-refractivity contribution in [3.05, 3.63) is 64.9 Å². The number of likely N-dealkylation sites (N-methyl/N-ethyl adjacent to an activating group) is 1. The van der Waals surface area contributed by atoms with E-state index in [-0.39, 0.29) is 37.1 Å². The van der Waals surface area contributed by atoms with Gasteiger partial charge in [0.05, 0.1) is 6.04 Å². The van der Waals surface area contributed by atoms with Gasteiger partial charge in [-0.3, -0.25) is 9.69 Å². The second-order valence-electron chi connectivity index (χ2n) is 11.9. The van der Waals surface area contributed by atoms with E-state index in [1.54, 1.807) is 0 Å². The van der Waals surface area contributed by atoms with Crippen molar-refractivity contribution in [2.24, 2.45) is 5.73 Å². The number of nitrogens with two attached hydrogens (primary N) is 1. The van der Waals surface area contributed by atoms with Crippen LogP contribution in [0.25, 0.3) is 10.9 Å². The second-order valence-corrected chi connectivity index (χ2v) is 11.9. The van der Waals surface area contributed by atoms with Crippen LogP contribution in [0.2, 0.25) is 0 Å². The monoisotopic (exact) mass is 588 g/mol. The lowest BCUT2D eigenvalue weighted by Crippen LogP contribution is -2.48. The predicted octanol–water partition coefficient (Wildman–Crippen LogP) is 5.51. The first kappa shape index (κ1) is 31.8. The van der Waals surface area contributed by atoms with Crippen molar-refractivity contribution < 1.29 is 27.4 Å². The van der Waals surface area contributed by atoms with Crippen molar-refractivity contribution in [2.45, 2.75) is 64.2 Å². The smallest absolute Gasteiger partial charge is 0.243 e. The van der Waals surface area contributed by atoms with E-state index in [4.69, 9.17) is 15.2 Å². The highest BCUT2D eigenvalue weighted by Crippen LogP contribution is 2.43. The van der Waals surface area contributed by atoms with E-state index in [0.29, 0.717) is 25.3 Å². The summed E-state index contributed by atoms with van der Waals surface area (Å²) >= 11 is 0. The topological polar surface area (TPSA) is 83.8 Å². The molecule has 0 radical (unpaired) electrons. The molecule has 0 spiro atoms. The first-order valence-electron chi connectivity index (χ1n) is 14.6. The maximum absolute atomic E-state index is 15.8. The summed E-state index contributed by atoms with van der Waals surface area (Å²) in [5.41, 5.74) is 5.98. The minimum absolute atomic E-state index is 0.0253. The Balaban J connectivity index is 1.44. The van der Waals surface area contributed by atoms with Gasteiger partial charge in [0.15, 0.2) is 0 Å². The number of aromatic amines is 1. The van der Waals surface area contributed by atoms with E-state index in [1.807, 2.05) is 43.1 Å². The molecule has 3 N–H and O–H groups in total. The number of nitrogens with zero attached hydrogens (tertiary/aromatic N) is 2. The van der Waals surface area contributed by atoms with Crippen LogP contribution in [0.4, 0.5) is 13.2 Å². The van der Waals surface area contributed by atoms with Gasteiger partial charge in [0, 0.05) is 60.0 Å². The molecule has 3 aromatic rings. The summed E-state index contributed by atoms with van der Waals surface area (Å²) in [6, 6.07) is 9.32. The molecule has 2 heterocycles. The van der Waals surface area contributed by atoms with E-state index in [2.05, 4.69) is 9.88 Å². The van der Waals surface area contributed by atoms with Gasteiger partial charge in [0.1, 0.15) is 36.3 Å². The number of ether oxygens (including phenoxy) is 2. The number of rotatable bonds is 15. The van der Waals surface area contributed by atoms with E-state index >= 15 is 8.78 Å². The predicted molar refractivity (Wildman–Crippen MR) is 158 cm³/mol. The number of halogens is 3. The van der Waals surface area contributed by atoms with Crippen LogP contribution in [0.5, 0.6) is 5.75 Å². The summed E-state index contributed by atoms with van der Waals surface area (Å²) in [6.45, 7) is 7.09. The maximum Gasteiger partial charge on any atom is 0.243 e. The van der Waals surface area contributed by atoms with Gasteiger partial charge in [0.2, 0.25) is 5.91 Å². The molecule has 1 aliphatic heterocycles. The number of amides is 1. The fourth-order valence-corrected chi connectivity index (χ4v) is 5.77. The molecule has 0 saturated heterocycles. The zero-order valence-electron chi connectivity index (χ0n) is 25.0. The van der Waals surface area contributed by atoms with Crippen LogP contribution in [-0.2, 0) is 16.0 Å². The molecule has 230 valence electrons. The Hall–Kier alpha value is -3.08. The SMILES string of the molecule is C[C@@H]1Cc2c([nH]c3ccccc23)[C@@H](c2c(F)cc(OCCN(C)CCCCCOCC(N)=O)cc2F)N1CC(C)(C)F. The first-order valence-corrected chi connectivity index (χ1v) is 14.6. The molecule has 2 aromatic carbocycles. The van der Waals surface area contributed by atoms with Gasteiger partial charge in [-0.2, -0.15) is 0 Å². The first-order chi connectivity index (χ1) is 19.9. The number of alkyl halides is 1. The number of fused-ring (bicyclic) bond motifs is 3. The van der Waals surface area contributed by atoms with Crippen molar-refractivity contribution in [3.63, 3.8) is 0 Å². The number of carbonyl (C=O) groups excluding carboxylic acids is 1. The highest BCUT2D eigenvalue weighted by molar-refractivity contribution is 5.85. The van der Waals surface area contributed by atoms with Crippen molar-refractivity contribution >= 4 is 16.8 Å². The van der Waals surface area contributed by atoms with Crippen LogP contribution in [0, 0.1) is 11.6 Å². The third-order valence-corrected chi connectivity index (χ3v) is 7.72. The summed E-state index contributed by atoms with van der Waals surface area (Å²) in [5, 5.41) is 1.02. The molecule has 4 rings (SSSR count). The normalized spacial score (nSPS) is 17.6. The molecule has 0 saturated carbocycles. The van der Waals surface area contributed by atoms with Gasteiger partial charge < -0.3 is 25.1 Å². The molecule has 10 heteroatoms. The van der Waals surface area contributed by atoms with Crippen molar-refractivity contribution in [3.8, 4) is 5.75 Å². The maximum atomic E-state index is 15.8. The summed E-state index contributed by atoms with van der Waals surface area (Å²) in [4.78, 5) is 18.0. The van der Waals surface area contributed by atoms with E-state index < -0.39 is 29.3 Å². The zero-order chi connectivity index (χ0) is 30.4. The molecule has 0 fully saturated rings. The molecule has 1 aromatic heterocycles. The fraction of sp³-hybridized carbons (Fsp3) is 0.531. The zero-order valence-corrected chi connectivity index (χ0v) is 25.0. The average molecular weight is 589 g/mol. The van der Waals surface area contributed by atoms with Gasteiger partial charge in [0.25, 0.3) is 0 Å². The second kappa shape index (κ2) is 13.9. The van der Waals surface area contributed by atoms with Crippen LogP contribution in [0.15, 0.2) is 36.4 Å². The molecule has 42 heavy (non-hydrogen) atoms. The quantitative estimate of drug-likeness (QED) is 0.229. The van der Waals surface area contributed by atoms with Gasteiger partial charge >= 0.3 is 0 Å². The summed E-state index contributed by atoms with van der Waals surface area (Å²) in [6.07, 6.45) is 3.36. The molecule has 0 aliphatic carbocycles. The lowest BCUT2D eigenvalue weighted by Gasteiger charge is -2.43. The molecule has 1 aliphatic rings. The third-order valence-electron chi connectivity index (χ3n) is 7.72. The largest absolute Gasteiger partial charge is 0.492 e. The summed E-state index contributed by atoms with van der Waals surface area (Å²) in [7, 11) is 1.96. The number of hydrogen-bond donors (Lipinski definition) is 2. The number of aromatic nitrogens is 1. The minimum Gasteiger partial charge on any atom is -0.492 e. The Labute approximate surface area is 246 Å². The Morgan fingerprint density at radius 2 is 1.83 bits per heavy atom. The van der Waals surface area contributed by atoms with Crippen LogP contribution >= 0.6 is 0 Å². The number of H-pyrrole nitrogens is 1. The van der Waals surface area contributed by atoms with Crippen molar-refractivity contribution in [2.75, 3.05) is 46.5 Å². The number of carbonyl (C=O) groups is 1. The molecule has 2 atom stereocenters. The number of para-hydroxylation sites is 1.